The van der Waals surface area contributed by atoms with E-state index in [4.69, 9.17) is 4.74 Å². The topological polar surface area (TPSA) is 75.7 Å². The smallest absolute Gasteiger partial charge is 0.232 e. The van der Waals surface area contributed by atoms with Crippen molar-refractivity contribution in [2.24, 2.45) is 0 Å². The number of ether oxygens (including phenoxy) is 1. The molecular formula is C16H26N2O4S. The zero-order valence-electron chi connectivity index (χ0n) is 14.2. The normalized spacial score (nSPS) is 12.5. The third kappa shape index (κ3) is 6.09. The highest BCUT2D eigenvalue weighted by molar-refractivity contribution is 7.92. The van der Waals surface area contributed by atoms with Crippen LogP contribution in [0.2, 0.25) is 0 Å². The van der Waals surface area contributed by atoms with E-state index in [1.807, 2.05) is 13.8 Å². The van der Waals surface area contributed by atoms with Gasteiger partial charge in [0.25, 0.3) is 0 Å². The molecule has 0 fully saturated rings. The van der Waals surface area contributed by atoms with Crippen molar-refractivity contribution in [1.29, 1.82) is 0 Å². The molecule has 23 heavy (non-hydrogen) atoms. The predicted octanol–water partition coefficient (Wildman–Crippen LogP) is 2.16. The molecule has 1 rings (SSSR count). The summed E-state index contributed by atoms with van der Waals surface area (Å²) in [6, 6.07) is 7.07. The Bertz CT molecular complexity index is 616. The van der Waals surface area contributed by atoms with Gasteiger partial charge in [-0.15, -0.1) is 0 Å². The summed E-state index contributed by atoms with van der Waals surface area (Å²) in [5.74, 6) is 0.426. The summed E-state index contributed by atoms with van der Waals surface area (Å²) in [5.41, 5.74) is 0.486. The number of carbonyl (C=O) groups is 1. The van der Waals surface area contributed by atoms with Crippen molar-refractivity contribution in [3.63, 3.8) is 0 Å². The van der Waals surface area contributed by atoms with Gasteiger partial charge < -0.3 is 10.1 Å². The first-order valence-corrected chi connectivity index (χ1v) is 9.54. The third-order valence-electron chi connectivity index (χ3n) is 3.54. The van der Waals surface area contributed by atoms with Gasteiger partial charge in [-0.05, 0) is 31.9 Å². The summed E-state index contributed by atoms with van der Waals surface area (Å²) in [5, 5.41) is 2.87. The molecule has 0 aliphatic heterocycles. The van der Waals surface area contributed by atoms with Gasteiger partial charge in [0.15, 0.2) is 0 Å². The number of carbonyl (C=O) groups excluding carboxylic acids is 1. The third-order valence-corrected chi connectivity index (χ3v) is 4.72. The number of hydrogen-bond acceptors (Lipinski definition) is 4. The molecule has 0 aliphatic rings. The molecule has 1 N–H and O–H groups in total. The van der Waals surface area contributed by atoms with Crippen LogP contribution in [0, 0.1) is 0 Å². The van der Waals surface area contributed by atoms with E-state index in [0.717, 1.165) is 12.7 Å². The first-order chi connectivity index (χ1) is 10.8. The lowest BCUT2D eigenvalue weighted by molar-refractivity contribution is -0.121. The average Bonchev–Trinajstić information content (AvgIpc) is 2.50. The number of sulfonamides is 1. The van der Waals surface area contributed by atoms with Crippen LogP contribution in [-0.2, 0) is 14.8 Å². The summed E-state index contributed by atoms with van der Waals surface area (Å²) in [6.07, 6.45) is 2.74. The van der Waals surface area contributed by atoms with E-state index in [2.05, 4.69) is 5.32 Å². The lowest BCUT2D eigenvalue weighted by atomic mass is 10.2. The van der Waals surface area contributed by atoms with Crippen LogP contribution in [0.25, 0.3) is 0 Å². The Morgan fingerprint density at radius 3 is 2.57 bits per heavy atom. The Hall–Kier alpha value is -1.76. The minimum absolute atomic E-state index is 0.0622. The molecule has 0 saturated heterocycles. The number of methoxy groups -OCH3 is 1. The molecule has 0 spiro atoms. The molecule has 0 bridgehead atoms. The molecule has 1 atom stereocenters. The maximum absolute atomic E-state index is 12.1. The molecule has 1 aromatic carbocycles. The van der Waals surface area contributed by atoms with E-state index in [-0.39, 0.29) is 24.9 Å². The van der Waals surface area contributed by atoms with E-state index in [9.17, 15) is 13.2 Å². The SMILES string of the molecule is CCC(C)NC(=O)CCCN(c1ccccc1OC)S(C)(=O)=O. The van der Waals surface area contributed by atoms with Crippen molar-refractivity contribution in [3.05, 3.63) is 24.3 Å². The Labute approximate surface area is 138 Å². The van der Waals surface area contributed by atoms with Crippen LogP contribution in [0.3, 0.4) is 0 Å². The molecule has 1 amide bonds. The number of hydrogen-bond donors (Lipinski definition) is 1. The fourth-order valence-corrected chi connectivity index (χ4v) is 3.10. The van der Waals surface area contributed by atoms with Crippen LogP contribution in [0.4, 0.5) is 5.69 Å². The minimum atomic E-state index is -3.45. The number of amides is 1. The van der Waals surface area contributed by atoms with Gasteiger partial charge in [0.05, 0.1) is 19.1 Å². The molecule has 7 heteroatoms. The van der Waals surface area contributed by atoms with Crippen LogP contribution in [0.1, 0.15) is 33.1 Å². The van der Waals surface area contributed by atoms with Crippen molar-refractivity contribution >= 4 is 21.6 Å². The number of para-hydroxylation sites is 2. The van der Waals surface area contributed by atoms with Crippen LogP contribution in [0.15, 0.2) is 24.3 Å². The molecule has 0 radical (unpaired) electrons. The summed E-state index contributed by atoms with van der Waals surface area (Å²) in [4.78, 5) is 11.8. The van der Waals surface area contributed by atoms with E-state index >= 15 is 0 Å². The van der Waals surface area contributed by atoms with E-state index in [1.165, 1.54) is 11.4 Å². The largest absolute Gasteiger partial charge is 0.495 e. The lowest BCUT2D eigenvalue weighted by Crippen LogP contribution is -2.34. The summed E-state index contributed by atoms with van der Waals surface area (Å²) in [7, 11) is -1.96. The molecule has 130 valence electrons. The second kappa shape index (κ2) is 8.76. The zero-order chi connectivity index (χ0) is 17.5. The van der Waals surface area contributed by atoms with E-state index < -0.39 is 10.0 Å². The number of benzene rings is 1. The Kier molecular flexibility index (Phi) is 7.35. The van der Waals surface area contributed by atoms with E-state index in [0.29, 0.717) is 17.9 Å². The first kappa shape index (κ1) is 19.3. The molecule has 1 unspecified atom stereocenters. The maximum atomic E-state index is 12.1. The summed E-state index contributed by atoms with van der Waals surface area (Å²) < 4.78 is 30.7. The number of rotatable bonds is 9. The van der Waals surface area contributed by atoms with Crippen molar-refractivity contribution in [2.45, 2.75) is 39.2 Å². The van der Waals surface area contributed by atoms with Gasteiger partial charge >= 0.3 is 0 Å². The van der Waals surface area contributed by atoms with Crippen LogP contribution in [0.5, 0.6) is 5.75 Å². The second-order valence-electron chi connectivity index (χ2n) is 5.49. The van der Waals surface area contributed by atoms with Gasteiger partial charge in [0.2, 0.25) is 15.9 Å². The Balaban J connectivity index is 2.77. The minimum Gasteiger partial charge on any atom is -0.495 e. The molecule has 1 aromatic rings. The zero-order valence-corrected chi connectivity index (χ0v) is 15.0. The number of nitrogens with zero attached hydrogens (tertiary/aromatic N) is 1. The standard InChI is InChI=1S/C16H26N2O4S/c1-5-13(2)17-16(19)11-8-12-18(23(4,20)21)14-9-6-7-10-15(14)22-3/h6-7,9-10,13H,5,8,11-12H2,1-4H3,(H,17,19). The summed E-state index contributed by atoms with van der Waals surface area (Å²) in [6.45, 7) is 4.17. The Morgan fingerprint density at radius 2 is 2.00 bits per heavy atom. The fourth-order valence-electron chi connectivity index (χ4n) is 2.13. The second-order valence-corrected chi connectivity index (χ2v) is 7.39. The highest BCUT2D eigenvalue weighted by Gasteiger charge is 2.20. The molecule has 0 aromatic heterocycles. The first-order valence-electron chi connectivity index (χ1n) is 7.69. The Morgan fingerprint density at radius 1 is 1.35 bits per heavy atom. The van der Waals surface area contributed by atoms with Crippen LogP contribution in [-0.4, -0.2) is 40.3 Å². The van der Waals surface area contributed by atoms with Crippen molar-refractivity contribution in [2.75, 3.05) is 24.2 Å². The monoisotopic (exact) mass is 342 g/mol. The molecule has 0 saturated carbocycles. The van der Waals surface area contributed by atoms with Gasteiger partial charge in [-0.3, -0.25) is 9.10 Å². The number of nitrogens with one attached hydrogen (secondary N) is 1. The number of anilines is 1. The van der Waals surface area contributed by atoms with E-state index in [1.54, 1.807) is 24.3 Å². The van der Waals surface area contributed by atoms with Crippen molar-refractivity contribution < 1.29 is 17.9 Å². The van der Waals surface area contributed by atoms with Crippen molar-refractivity contribution in [1.82, 2.24) is 5.32 Å². The average molecular weight is 342 g/mol. The van der Waals surface area contributed by atoms with Crippen LogP contribution < -0.4 is 14.4 Å². The molecular weight excluding hydrogens is 316 g/mol. The predicted molar refractivity (Wildman–Crippen MR) is 92.3 cm³/mol. The van der Waals surface area contributed by atoms with Gasteiger partial charge in [-0.1, -0.05) is 19.1 Å². The van der Waals surface area contributed by atoms with Crippen LogP contribution >= 0.6 is 0 Å². The fraction of sp³-hybridized carbons (Fsp3) is 0.562. The molecule has 6 nitrogen and oxygen atoms in total. The lowest BCUT2D eigenvalue weighted by Gasteiger charge is -2.24. The van der Waals surface area contributed by atoms with Gasteiger partial charge in [0, 0.05) is 19.0 Å². The van der Waals surface area contributed by atoms with Gasteiger partial charge in [-0.25, -0.2) is 8.42 Å². The highest BCUT2D eigenvalue weighted by atomic mass is 32.2. The van der Waals surface area contributed by atoms with Crippen molar-refractivity contribution in [3.8, 4) is 5.75 Å². The quantitative estimate of drug-likeness (QED) is 0.746. The molecule has 0 aliphatic carbocycles. The van der Waals surface area contributed by atoms with Gasteiger partial charge in [-0.2, -0.15) is 0 Å². The maximum Gasteiger partial charge on any atom is 0.232 e. The molecule has 0 heterocycles. The highest BCUT2D eigenvalue weighted by Crippen LogP contribution is 2.29. The van der Waals surface area contributed by atoms with Gasteiger partial charge in [0.1, 0.15) is 5.75 Å². The summed E-state index contributed by atoms with van der Waals surface area (Å²) >= 11 is 0.